The SMILES string of the molecule is Cc1cc(C)c2ccnn2n1. The van der Waals surface area contributed by atoms with E-state index in [1.807, 2.05) is 13.0 Å². The van der Waals surface area contributed by atoms with Crippen LogP contribution in [0.5, 0.6) is 0 Å². The lowest BCUT2D eigenvalue weighted by molar-refractivity contribution is 0.777. The first kappa shape index (κ1) is 6.34. The molecule has 0 saturated heterocycles. The number of hydrogen-bond acceptors (Lipinski definition) is 2. The van der Waals surface area contributed by atoms with Gasteiger partial charge < -0.3 is 0 Å². The van der Waals surface area contributed by atoms with Gasteiger partial charge in [-0.15, -0.1) is 0 Å². The van der Waals surface area contributed by atoms with Crippen molar-refractivity contribution in [1.82, 2.24) is 14.8 Å². The maximum absolute atomic E-state index is 4.20. The van der Waals surface area contributed by atoms with Crippen LogP contribution in [0.25, 0.3) is 5.52 Å². The molecule has 3 nitrogen and oxygen atoms in total. The molecule has 0 amide bonds. The van der Waals surface area contributed by atoms with Crippen LogP contribution in [0.15, 0.2) is 18.3 Å². The number of aromatic nitrogens is 3. The van der Waals surface area contributed by atoms with Crippen LogP contribution >= 0.6 is 0 Å². The van der Waals surface area contributed by atoms with Crippen molar-refractivity contribution in [2.75, 3.05) is 0 Å². The lowest BCUT2D eigenvalue weighted by Crippen LogP contribution is -1.97. The molecule has 2 heterocycles. The highest BCUT2D eigenvalue weighted by atomic mass is 15.4. The second kappa shape index (κ2) is 2.05. The van der Waals surface area contributed by atoms with E-state index in [1.165, 1.54) is 5.56 Å². The molecule has 0 bridgehead atoms. The van der Waals surface area contributed by atoms with E-state index in [0.717, 1.165) is 11.2 Å². The summed E-state index contributed by atoms with van der Waals surface area (Å²) >= 11 is 0. The Kier molecular flexibility index (Phi) is 1.18. The molecule has 0 aromatic carbocycles. The molecule has 2 aromatic rings. The molecule has 0 radical (unpaired) electrons. The normalized spacial score (nSPS) is 10.7. The Morgan fingerprint density at radius 3 is 3.00 bits per heavy atom. The van der Waals surface area contributed by atoms with Gasteiger partial charge in [-0.3, -0.25) is 0 Å². The first-order chi connectivity index (χ1) is 5.27. The number of rotatable bonds is 0. The summed E-state index contributed by atoms with van der Waals surface area (Å²) < 4.78 is 1.66. The second-order valence-electron chi connectivity index (χ2n) is 2.67. The fraction of sp³-hybridized carbons (Fsp3) is 0.250. The third-order valence-corrected chi connectivity index (χ3v) is 1.71. The van der Waals surface area contributed by atoms with Crippen LogP contribution in [0.4, 0.5) is 0 Å². The molecule has 0 saturated carbocycles. The van der Waals surface area contributed by atoms with Crippen molar-refractivity contribution in [1.29, 1.82) is 0 Å². The topological polar surface area (TPSA) is 30.2 Å². The van der Waals surface area contributed by atoms with Crippen LogP contribution in [0, 0.1) is 13.8 Å². The summed E-state index contributed by atoms with van der Waals surface area (Å²) in [6, 6.07) is 4.01. The van der Waals surface area contributed by atoms with Crippen molar-refractivity contribution in [2.24, 2.45) is 0 Å². The summed E-state index contributed by atoms with van der Waals surface area (Å²) in [5.41, 5.74) is 3.30. The summed E-state index contributed by atoms with van der Waals surface area (Å²) in [4.78, 5) is 0. The monoisotopic (exact) mass is 147 g/mol. The molecule has 0 atom stereocenters. The van der Waals surface area contributed by atoms with Gasteiger partial charge in [0.05, 0.1) is 17.4 Å². The van der Waals surface area contributed by atoms with Gasteiger partial charge in [0.15, 0.2) is 0 Å². The van der Waals surface area contributed by atoms with E-state index in [4.69, 9.17) is 0 Å². The molecule has 0 aliphatic rings. The minimum absolute atomic E-state index is 0.999. The van der Waals surface area contributed by atoms with Gasteiger partial charge in [0, 0.05) is 0 Å². The van der Waals surface area contributed by atoms with Crippen molar-refractivity contribution in [3.63, 3.8) is 0 Å². The van der Waals surface area contributed by atoms with Crippen LogP contribution in [0.2, 0.25) is 0 Å². The zero-order valence-electron chi connectivity index (χ0n) is 6.57. The van der Waals surface area contributed by atoms with Gasteiger partial charge in [-0.25, -0.2) is 0 Å². The molecule has 3 heteroatoms. The molecule has 0 spiro atoms. The van der Waals surface area contributed by atoms with Gasteiger partial charge in [0.25, 0.3) is 0 Å². The molecule has 0 aliphatic heterocycles. The fourth-order valence-electron chi connectivity index (χ4n) is 1.23. The third-order valence-electron chi connectivity index (χ3n) is 1.71. The van der Waals surface area contributed by atoms with E-state index in [2.05, 4.69) is 23.2 Å². The molecule has 0 fully saturated rings. The first-order valence-corrected chi connectivity index (χ1v) is 3.55. The molecule has 11 heavy (non-hydrogen) atoms. The van der Waals surface area contributed by atoms with Crippen molar-refractivity contribution in [3.8, 4) is 0 Å². The Morgan fingerprint density at radius 2 is 2.18 bits per heavy atom. The summed E-state index contributed by atoms with van der Waals surface area (Å²) in [5.74, 6) is 0. The van der Waals surface area contributed by atoms with Crippen molar-refractivity contribution >= 4 is 5.52 Å². The number of fused-ring (bicyclic) bond motifs is 1. The van der Waals surface area contributed by atoms with Gasteiger partial charge >= 0.3 is 0 Å². The van der Waals surface area contributed by atoms with Crippen molar-refractivity contribution in [3.05, 3.63) is 29.6 Å². The Morgan fingerprint density at radius 1 is 1.36 bits per heavy atom. The minimum Gasteiger partial charge on any atom is -0.158 e. The van der Waals surface area contributed by atoms with Gasteiger partial charge in [-0.05, 0) is 31.5 Å². The molecular weight excluding hydrogens is 138 g/mol. The summed E-state index contributed by atoms with van der Waals surface area (Å²) in [6.07, 6.45) is 1.76. The van der Waals surface area contributed by atoms with Crippen LogP contribution < -0.4 is 0 Å². The van der Waals surface area contributed by atoms with Crippen molar-refractivity contribution < 1.29 is 0 Å². The lowest BCUT2D eigenvalue weighted by Gasteiger charge is -1.97. The van der Waals surface area contributed by atoms with Crippen LogP contribution in [-0.2, 0) is 0 Å². The predicted molar refractivity (Wildman–Crippen MR) is 42.5 cm³/mol. The largest absolute Gasteiger partial charge is 0.158 e. The predicted octanol–water partition coefficient (Wildman–Crippen LogP) is 1.35. The van der Waals surface area contributed by atoms with E-state index < -0.39 is 0 Å². The molecule has 0 aliphatic carbocycles. The standard InChI is InChI=1S/C8H9N3/c1-6-5-7(2)10-11-8(6)3-4-9-11/h3-5H,1-2H3. The summed E-state index contributed by atoms with van der Waals surface area (Å²) in [6.45, 7) is 4.03. The zero-order valence-corrected chi connectivity index (χ0v) is 6.57. The maximum atomic E-state index is 4.20. The second-order valence-corrected chi connectivity index (χ2v) is 2.67. The third kappa shape index (κ3) is 0.888. The van der Waals surface area contributed by atoms with E-state index >= 15 is 0 Å². The Hall–Kier alpha value is -1.38. The number of hydrogen-bond donors (Lipinski definition) is 0. The lowest BCUT2D eigenvalue weighted by atomic mass is 10.2. The Bertz CT molecular complexity index is 389. The van der Waals surface area contributed by atoms with Gasteiger partial charge in [0.1, 0.15) is 0 Å². The molecular formula is C8H9N3. The molecule has 0 N–H and O–H groups in total. The minimum atomic E-state index is 0.999. The van der Waals surface area contributed by atoms with Gasteiger partial charge in [-0.2, -0.15) is 14.8 Å². The average molecular weight is 147 g/mol. The number of aryl methyl sites for hydroxylation is 2. The van der Waals surface area contributed by atoms with E-state index in [0.29, 0.717) is 0 Å². The highest BCUT2D eigenvalue weighted by Gasteiger charge is 1.98. The van der Waals surface area contributed by atoms with E-state index in [9.17, 15) is 0 Å². The van der Waals surface area contributed by atoms with Crippen LogP contribution in [0.1, 0.15) is 11.3 Å². The van der Waals surface area contributed by atoms with Gasteiger partial charge in [-0.1, -0.05) is 0 Å². The smallest absolute Gasteiger partial charge is 0.0902 e. The van der Waals surface area contributed by atoms with Gasteiger partial charge in [0.2, 0.25) is 0 Å². The highest BCUT2D eigenvalue weighted by molar-refractivity contribution is 5.51. The van der Waals surface area contributed by atoms with E-state index in [-0.39, 0.29) is 0 Å². The molecule has 56 valence electrons. The molecule has 0 unspecified atom stereocenters. The van der Waals surface area contributed by atoms with E-state index in [1.54, 1.807) is 10.8 Å². The van der Waals surface area contributed by atoms with Crippen LogP contribution in [-0.4, -0.2) is 14.8 Å². The zero-order chi connectivity index (χ0) is 7.84. The quantitative estimate of drug-likeness (QED) is 0.563. The fourth-order valence-corrected chi connectivity index (χ4v) is 1.23. The molecule has 2 aromatic heterocycles. The summed E-state index contributed by atoms with van der Waals surface area (Å²) in [5, 5.41) is 8.25. The highest BCUT2D eigenvalue weighted by Crippen LogP contribution is 2.07. The number of nitrogens with zero attached hydrogens (tertiary/aromatic N) is 3. The molecule has 2 rings (SSSR count). The van der Waals surface area contributed by atoms with Crippen LogP contribution in [0.3, 0.4) is 0 Å². The first-order valence-electron chi connectivity index (χ1n) is 3.55. The average Bonchev–Trinajstić information content (AvgIpc) is 2.34. The Balaban J connectivity index is 2.91. The van der Waals surface area contributed by atoms with Crippen molar-refractivity contribution in [2.45, 2.75) is 13.8 Å². The summed E-state index contributed by atoms with van der Waals surface area (Å²) in [7, 11) is 0. The Labute approximate surface area is 64.7 Å². The maximum Gasteiger partial charge on any atom is 0.0902 e.